The molecule has 2 aromatic rings. The van der Waals surface area contributed by atoms with E-state index in [0.29, 0.717) is 17.9 Å². The van der Waals surface area contributed by atoms with E-state index in [-0.39, 0.29) is 0 Å². The van der Waals surface area contributed by atoms with E-state index in [1.807, 2.05) is 51.1 Å². The van der Waals surface area contributed by atoms with Crippen LogP contribution in [0.15, 0.2) is 48.5 Å². The number of rotatable bonds is 4. The molecule has 0 aliphatic rings. The average molecular weight is 283 g/mol. The van der Waals surface area contributed by atoms with E-state index in [2.05, 4.69) is 6.07 Å². The van der Waals surface area contributed by atoms with Crippen molar-refractivity contribution in [2.75, 3.05) is 0 Å². The smallest absolute Gasteiger partial charge is 0.339 e. The van der Waals surface area contributed by atoms with Crippen LogP contribution in [0.25, 0.3) is 0 Å². The molecule has 1 radical (unpaired) electrons. The fourth-order valence-electron chi connectivity index (χ4n) is 1.73. The molecule has 3 heteroatoms. The van der Waals surface area contributed by atoms with Crippen molar-refractivity contribution in [3.63, 3.8) is 0 Å². The van der Waals surface area contributed by atoms with Crippen LogP contribution in [0.3, 0.4) is 0 Å². The molecule has 0 atom stereocenters. The Morgan fingerprint density at radius 1 is 1.14 bits per heavy atom. The van der Waals surface area contributed by atoms with Crippen molar-refractivity contribution in [3.8, 4) is 5.75 Å². The zero-order valence-electron chi connectivity index (χ0n) is 12.6. The second kappa shape index (κ2) is 6.44. The molecule has 0 fully saturated rings. The van der Waals surface area contributed by atoms with E-state index in [1.54, 1.807) is 18.2 Å². The maximum Gasteiger partial charge on any atom is 0.339 e. The normalized spacial score (nSPS) is 11.0. The Morgan fingerprint density at radius 2 is 1.86 bits per heavy atom. The van der Waals surface area contributed by atoms with Gasteiger partial charge in [-0.2, -0.15) is 0 Å². The van der Waals surface area contributed by atoms with Crippen molar-refractivity contribution in [3.05, 3.63) is 65.7 Å². The number of hydrogen-bond acceptors (Lipinski definition) is 3. The molecule has 2 rings (SSSR count). The molecule has 0 aliphatic heterocycles. The standard InChI is InChI=1S/C18H19O3/c1-18(2,3)21-17(19)15-10-7-11-16(12-15)20-13-14-8-5-4-6-9-14/h4-9,11-12H,13H2,1-3H3. The van der Waals surface area contributed by atoms with E-state index in [0.717, 1.165) is 5.56 Å². The van der Waals surface area contributed by atoms with Crippen molar-refractivity contribution in [1.82, 2.24) is 0 Å². The molecule has 0 unspecified atom stereocenters. The Kier molecular flexibility index (Phi) is 4.63. The molecule has 0 amide bonds. The number of hydrogen-bond donors (Lipinski definition) is 0. The molecule has 0 aliphatic carbocycles. The van der Waals surface area contributed by atoms with E-state index in [9.17, 15) is 4.79 Å². The van der Waals surface area contributed by atoms with E-state index < -0.39 is 11.6 Å². The summed E-state index contributed by atoms with van der Waals surface area (Å²) < 4.78 is 11.0. The first-order valence-corrected chi connectivity index (χ1v) is 6.86. The molecule has 0 saturated heterocycles. The van der Waals surface area contributed by atoms with Crippen molar-refractivity contribution in [2.24, 2.45) is 0 Å². The molecule has 2 aromatic carbocycles. The van der Waals surface area contributed by atoms with Gasteiger partial charge in [0.05, 0.1) is 5.56 Å². The van der Waals surface area contributed by atoms with E-state index in [4.69, 9.17) is 9.47 Å². The van der Waals surface area contributed by atoms with Gasteiger partial charge in [-0.3, -0.25) is 0 Å². The monoisotopic (exact) mass is 283 g/mol. The first-order chi connectivity index (χ1) is 9.94. The Hall–Kier alpha value is -2.29. The summed E-state index contributed by atoms with van der Waals surface area (Å²) in [5.41, 5.74) is 0.922. The Bertz CT molecular complexity index is 597. The van der Waals surface area contributed by atoms with Crippen LogP contribution in [-0.2, 0) is 11.3 Å². The number of esters is 1. The average Bonchev–Trinajstić information content (AvgIpc) is 2.45. The third kappa shape index (κ3) is 4.95. The molecule has 0 bridgehead atoms. The largest absolute Gasteiger partial charge is 0.489 e. The molecule has 21 heavy (non-hydrogen) atoms. The summed E-state index contributed by atoms with van der Waals surface area (Å²) in [6.07, 6.45) is 0. The molecular formula is C18H19O3. The maximum atomic E-state index is 12.0. The minimum Gasteiger partial charge on any atom is -0.489 e. The number of carbonyl (C=O) groups is 1. The van der Waals surface area contributed by atoms with Crippen molar-refractivity contribution >= 4 is 5.97 Å². The third-order valence-electron chi connectivity index (χ3n) is 2.64. The lowest BCUT2D eigenvalue weighted by Gasteiger charge is -2.19. The molecule has 0 spiro atoms. The van der Waals surface area contributed by atoms with Gasteiger partial charge in [-0.1, -0.05) is 30.3 Å². The van der Waals surface area contributed by atoms with Crippen molar-refractivity contribution < 1.29 is 14.3 Å². The molecule has 3 nitrogen and oxygen atoms in total. The SMILES string of the molecule is CC(C)(C)OC(=O)c1[c]ccc(OCc2ccccc2)c1. The summed E-state index contributed by atoms with van der Waals surface area (Å²) in [5.74, 6) is 0.228. The fraction of sp³-hybridized carbons (Fsp3) is 0.278. The molecule has 0 saturated carbocycles. The Morgan fingerprint density at radius 3 is 2.52 bits per heavy atom. The van der Waals surface area contributed by atoms with Crippen LogP contribution >= 0.6 is 0 Å². The zero-order valence-corrected chi connectivity index (χ0v) is 12.6. The second-order valence-corrected chi connectivity index (χ2v) is 5.71. The molecule has 0 heterocycles. The second-order valence-electron chi connectivity index (χ2n) is 5.71. The van der Waals surface area contributed by atoms with Gasteiger partial charge in [-0.15, -0.1) is 0 Å². The highest BCUT2D eigenvalue weighted by molar-refractivity contribution is 5.89. The van der Waals surface area contributed by atoms with Crippen LogP contribution in [0.2, 0.25) is 0 Å². The van der Waals surface area contributed by atoms with Gasteiger partial charge in [0.1, 0.15) is 18.0 Å². The minimum absolute atomic E-state index is 0.371. The Balaban J connectivity index is 2.02. The number of benzene rings is 2. The highest BCUT2D eigenvalue weighted by Gasteiger charge is 2.18. The quantitative estimate of drug-likeness (QED) is 0.795. The lowest BCUT2D eigenvalue weighted by Crippen LogP contribution is -2.23. The van der Waals surface area contributed by atoms with Gasteiger partial charge in [-0.05, 0) is 50.6 Å². The van der Waals surface area contributed by atoms with Gasteiger partial charge in [-0.25, -0.2) is 4.79 Å². The van der Waals surface area contributed by atoms with Crippen LogP contribution in [0.1, 0.15) is 36.7 Å². The highest BCUT2D eigenvalue weighted by Crippen LogP contribution is 2.18. The summed E-state index contributed by atoms with van der Waals surface area (Å²) >= 11 is 0. The number of ether oxygens (including phenoxy) is 2. The fourth-order valence-corrected chi connectivity index (χ4v) is 1.73. The van der Waals surface area contributed by atoms with Gasteiger partial charge >= 0.3 is 5.97 Å². The van der Waals surface area contributed by atoms with E-state index >= 15 is 0 Å². The van der Waals surface area contributed by atoms with Crippen LogP contribution in [0.5, 0.6) is 5.75 Å². The molecule has 0 aromatic heterocycles. The lowest BCUT2D eigenvalue weighted by atomic mass is 10.1. The zero-order chi connectivity index (χ0) is 15.3. The van der Waals surface area contributed by atoms with E-state index in [1.165, 1.54) is 0 Å². The number of carbonyl (C=O) groups excluding carboxylic acids is 1. The van der Waals surface area contributed by atoms with Gasteiger partial charge in [0.15, 0.2) is 0 Å². The summed E-state index contributed by atoms with van der Waals surface area (Å²) in [6, 6.07) is 17.8. The topological polar surface area (TPSA) is 35.5 Å². The summed E-state index contributed by atoms with van der Waals surface area (Å²) in [7, 11) is 0. The molecule has 0 N–H and O–H groups in total. The van der Waals surface area contributed by atoms with Gasteiger partial charge in [0.2, 0.25) is 0 Å². The van der Waals surface area contributed by atoms with Gasteiger partial charge in [0.25, 0.3) is 0 Å². The predicted octanol–water partition coefficient (Wildman–Crippen LogP) is 4.02. The van der Waals surface area contributed by atoms with Crippen molar-refractivity contribution in [2.45, 2.75) is 33.0 Å². The first-order valence-electron chi connectivity index (χ1n) is 6.86. The highest BCUT2D eigenvalue weighted by atomic mass is 16.6. The minimum atomic E-state index is -0.522. The third-order valence-corrected chi connectivity index (χ3v) is 2.64. The van der Waals surface area contributed by atoms with Gasteiger partial charge in [0, 0.05) is 0 Å². The summed E-state index contributed by atoms with van der Waals surface area (Å²) in [5, 5.41) is 0. The summed E-state index contributed by atoms with van der Waals surface area (Å²) in [6.45, 7) is 5.96. The summed E-state index contributed by atoms with van der Waals surface area (Å²) in [4.78, 5) is 12.0. The molecular weight excluding hydrogens is 264 g/mol. The van der Waals surface area contributed by atoms with Crippen LogP contribution in [0, 0.1) is 6.07 Å². The van der Waals surface area contributed by atoms with Gasteiger partial charge < -0.3 is 9.47 Å². The maximum absolute atomic E-state index is 12.0. The first kappa shape index (κ1) is 15.1. The van der Waals surface area contributed by atoms with Crippen LogP contribution in [0.4, 0.5) is 0 Å². The molecule has 109 valence electrons. The van der Waals surface area contributed by atoms with Crippen LogP contribution in [-0.4, -0.2) is 11.6 Å². The van der Waals surface area contributed by atoms with Crippen LogP contribution < -0.4 is 4.74 Å². The Labute approximate surface area is 125 Å². The lowest BCUT2D eigenvalue weighted by molar-refractivity contribution is 0.00687. The predicted molar refractivity (Wildman–Crippen MR) is 81.2 cm³/mol. The van der Waals surface area contributed by atoms with Crippen molar-refractivity contribution in [1.29, 1.82) is 0 Å².